The molecule has 1 atom stereocenters. The van der Waals surface area contributed by atoms with Crippen molar-refractivity contribution in [2.45, 2.75) is 65.0 Å². The van der Waals surface area contributed by atoms with Crippen molar-refractivity contribution in [3.63, 3.8) is 0 Å². The summed E-state index contributed by atoms with van der Waals surface area (Å²) in [6.07, 6.45) is 4.62. The minimum Gasteiger partial charge on any atom is -0.494 e. The maximum atomic E-state index is 5.75. The lowest BCUT2D eigenvalue weighted by Gasteiger charge is -2.22. The van der Waals surface area contributed by atoms with Gasteiger partial charge < -0.3 is 9.26 Å². The standard InChI is InChI=1S/C21H30N2O2/c1-4-5-13-24-18-10-8-17(9-11-18)15-23-12-6-7-20(23)21-14-19(16(2)3)22-25-21/h8-11,14,16,20H,4-7,12-13,15H2,1-3H3/t20-/m0/s1. The zero-order chi connectivity index (χ0) is 17.6. The van der Waals surface area contributed by atoms with Crippen molar-refractivity contribution < 1.29 is 9.26 Å². The van der Waals surface area contributed by atoms with Gasteiger partial charge in [-0.1, -0.05) is 44.5 Å². The van der Waals surface area contributed by atoms with E-state index in [2.05, 4.69) is 61.2 Å². The average Bonchev–Trinajstić information content (AvgIpc) is 3.25. The molecule has 0 radical (unpaired) electrons. The zero-order valence-electron chi connectivity index (χ0n) is 15.7. The van der Waals surface area contributed by atoms with E-state index in [1.165, 1.54) is 12.0 Å². The van der Waals surface area contributed by atoms with Crippen LogP contribution in [0.4, 0.5) is 0 Å². The van der Waals surface area contributed by atoms with E-state index in [9.17, 15) is 0 Å². The molecule has 4 nitrogen and oxygen atoms in total. The van der Waals surface area contributed by atoms with E-state index in [4.69, 9.17) is 9.26 Å². The highest BCUT2D eigenvalue weighted by Crippen LogP contribution is 2.34. The fraction of sp³-hybridized carbons (Fsp3) is 0.571. The molecule has 136 valence electrons. The Kier molecular flexibility index (Phi) is 6.14. The summed E-state index contributed by atoms with van der Waals surface area (Å²) in [5.41, 5.74) is 2.37. The molecule has 0 unspecified atom stereocenters. The van der Waals surface area contributed by atoms with Gasteiger partial charge in [0.1, 0.15) is 5.75 Å². The zero-order valence-corrected chi connectivity index (χ0v) is 15.7. The molecule has 2 heterocycles. The predicted octanol–water partition coefficient (Wildman–Crippen LogP) is 5.31. The first-order valence-corrected chi connectivity index (χ1v) is 9.59. The number of unbranched alkanes of at least 4 members (excludes halogenated alkanes) is 1. The highest BCUT2D eigenvalue weighted by Gasteiger charge is 2.29. The Bertz CT molecular complexity index is 648. The SMILES string of the molecule is CCCCOc1ccc(CN2CCC[C@H]2c2cc(C(C)C)no2)cc1. The number of hydrogen-bond acceptors (Lipinski definition) is 4. The molecule has 2 aromatic rings. The lowest BCUT2D eigenvalue weighted by molar-refractivity contribution is 0.206. The highest BCUT2D eigenvalue weighted by molar-refractivity contribution is 5.27. The Morgan fingerprint density at radius 3 is 2.76 bits per heavy atom. The van der Waals surface area contributed by atoms with Crippen molar-refractivity contribution in [3.05, 3.63) is 47.3 Å². The minimum atomic E-state index is 0.348. The maximum Gasteiger partial charge on any atom is 0.154 e. The Morgan fingerprint density at radius 1 is 1.28 bits per heavy atom. The van der Waals surface area contributed by atoms with Crippen LogP contribution in [-0.4, -0.2) is 23.2 Å². The topological polar surface area (TPSA) is 38.5 Å². The maximum absolute atomic E-state index is 5.75. The average molecular weight is 342 g/mol. The minimum absolute atomic E-state index is 0.348. The van der Waals surface area contributed by atoms with Crippen molar-refractivity contribution in [1.82, 2.24) is 10.1 Å². The summed E-state index contributed by atoms with van der Waals surface area (Å²) in [6, 6.07) is 11.0. The molecule has 4 heteroatoms. The largest absolute Gasteiger partial charge is 0.494 e. The van der Waals surface area contributed by atoms with Crippen LogP contribution in [0.5, 0.6) is 5.75 Å². The second-order valence-corrected chi connectivity index (χ2v) is 7.28. The van der Waals surface area contributed by atoms with Gasteiger partial charge in [0.05, 0.1) is 18.3 Å². The molecule has 25 heavy (non-hydrogen) atoms. The van der Waals surface area contributed by atoms with Crippen molar-refractivity contribution in [3.8, 4) is 5.75 Å². The normalized spacial score (nSPS) is 18.2. The van der Waals surface area contributed by atoms with Gasteiger partial charge in [-0.2, -0.15) is 0 Å². The van der Waals surface area contributed by atoms with Crippen molar-refractivity contribution in [1.29, 1.82) is 0 Å². The summed E-state index contributed by atoms with van der Waals surface area (Å²) in [5.74, 6) is 2.39. The molecule has 1 fully saturated rings. The third-order valence-corrected chi connectivity index (χ3v) is 4.91. The van der Waals surface area contributed by atoms with Gasteiger partial charge in [0.15, 0.2) is 5.76 Å². The van der Waals surface area contributed by atoms with Crippen LogP contribution in [0.25, 0.3) is 0 Å². The third kappa shape index (κ3) is 4.63. The lowest BCUT2D eigenvalue weighted by atomic mass is 10.1. The molecule has 1 aliphatic rings. The first kappa shape index (κ1) is 18.0. The van der Waals surface area contributed by atoms with Gasteiger partial charge in [0.2, 0.25) is 0 Å². The number of nitrogens with zero attached hydrogens (tertiary/aromatic N) is 2. The molecule has 0 saturated carbocycles. The van der Waals surface area contributed by atoms with E-state index in [0.717, 1.165) is 56.2 Å². The van der Waals surface area contributed by atoms with Crippen molar-refractivity contribution >= 4 is 0 Å². The number of ether oxygens (including phenoxy) is 1. The van der Waals surface area contributed by atoms with E-state index in [1.54, 1.807) is 0 Å². The first-order chi connectivity index (χ1) is 12.2. The number of aromatic nitrogens is 1. The summed E-state index contributed by atoms with van der Waals surface area (Å²) in [7, 11) is 0. The number of rotatable bonds is 8. The van der Waals surface area contributed by atoms with Crippen LogP contribution in [0.15, 0.2) is 34.9 Å². The van der Waals surface area contributed by atoms with Gasteiger partial charge in [-0.05, 0) is 49.4 Å². The summed E-state index contributed by atoms with van der Waals surface area (Å²) in [6.45, 7) is 9.33. The molecule has 0 aliphatic carbocycles. The van der Waals surface area contributed by atoms with Gasteiger partial charge in [-0.25, -0.2) is 0 Å². The molecule has 0 N–H and O–H groups in total. The fourth-order valence-electron chi connectivity index (χ4n) is 3.33. The van der Waals surface area contributed by atoms with Gasteiger partial charge in [-0.3, -0.25) is 4.90 Å². The van der Waals surface area contributed by atoms with E-state index in [1.807, 2.05) is 0 Å². The van der Waals surface area contributed by atoms with E-state index in [-0.39, 0.29) is 0 Å². The first-order valence-electron chi connectivity index (χ1n) is 9.59. The Balaban J connectivity index is 1.61. The molecule has 3 rings (SSSR count). The van der Waals surface area contributed by atoms with Gasteiger partial charge in [0.25, 0.3) is 0 Å². The second kappa shape index (κ2) is 8.52. The van der Waals surface area contributed by atoms with Crippen LogP contribution in [-0.2, 0) is 6.54 Å². The Morgan fingerprint density at radius 2 is 2.08 bits per heavy atom. The van der Waals surface area contributed by atoms with E-state index < -0.39 is 0 Å². The molecule has 0 amide bonds. The van der Waals surface area contributed by atoms with Crippen molar-refractivity contribution in [2.75, 3.05) is 13.2 Å². The smallest absolute Gasteiger partial charge is 0.154 e. The summed E-state index contributed by atoms with van der Waals surface area (Å²) >= 11 is 0. The van der Waals surface area contributed by atoms with Crippen LogP contribution >= 0.6 is 0 Å². The number of likely N-dealkylation sites (tertiary alicyclic amines) is 1. The quantitative estimate of drug-likeness (QED) is 0.609. The van der Waals surface area contributed by atoms with E-state index in [0.29, 0.717) is 12.0 Å². The third-order valence-electron chi connectivity index (χ3n) is 4.91. The molecule has 1 aromatic carbocycles. The van der Waals surface area contributed by atoms with Gasteiger partial charge in [-0.15, -0.1) is 0 Å². The van der Waals surface area contributed by atoms with Gasteiger partial charge in [0, 0.05) is 12.6 Å². The fourth-order valence-corrected chi connectivity index (χ4v) is 3.33. The molecule has 1 saturated heterocycles. The molecule has 0 spiro atoms. The summed E-state index contributed by atoms with van der Waals surface area (Å²) in [5, 5.41) is 4.23. The van der Waals surface area contributed by atoms with Crippen LogP contribution in [0.1, 0.15) is 75.4 Å². The molecule has 1 aliphatic heterocycles. The molecular weight excluding hydrogens is 312 g/mol. The predicted molar refractivity (Wildman–Crippen MR) is 99.8 cm³/mol. The van der Waals surface area contributed by atoms with Crippen LogP contribution in [0.2, 0.25) is 0 Å². The van der Waals surface area contributed by atoms with E-state index >= 15 is 0 Å². The summed E-state index contributed by atoms with van der Waals surface area (Å²) in [4.78, 5) is 2.50. The monoisotopic (exact) mass is 342 g/mol. The van der Waals surface area contributed by atoms with Gasteiger partial charge >= 0.3 is 0 Å². The second-order valence-electron chi connectivity index (χ2n) is 7.28. The highest BCUT2D eigenvalue weighted by atomic mass is 16.5. The van der Waals surface area contributed by atoms with Crippen molar-refractivity contribution in [2.24, 2.45) is 0 Å². The Hall–Kier alpha value is -1.81. The lowest BCUT2D eigenvalue weighted by Crippen LogP contribution is -2.22. The summed E-state index contributed by atoms with van der Waals surface area (Å²) < 4.78 is 11.4. The number of benzene rings is 1. The number of hydrogen-bond donors (Lipinski definition) is 0. The van der Waals surface area contributed by atoms with Crippen LogP contribution < -0.4 is 4.74 Å². The Labute approximate surface area is 151 Å². The molecular formula is C21H30N2O2. The van der Waals surface area contributed by atoms with Crippen LogP contribution in [0, 0.1) is 0 Å². The molecule has 1 aromatic heterocycles. The molecule has 0 bridgehead atoms. The van der Waals surface area contributed by atoms with Crippen LogP contribution in [0.3, 0.4) is 0 Å².